The molecule has 18 heavy (non-hydrogen) atoms. The van der Waals surface area contributed by atoms with Crippen LogP contribution in [0.5, 0.6) is 0 Å². The third-order valence-corrected chi connectivity index (χ3v) is 5.50. The predicted molar refractivity (Wildman–Crippen MR) is 68.7 cm³/mol. The number of nitrogens with two attached hydrogens (primary N) is 1. The van der Waals surface area contributed by atoms with Gasteiger partial charge in [0.25, 0.3) is 0 Å². The van der Waals surface area contributed by atoms with Crippen LogP contribution in [0.2, 0.25) is 0 Å². The number of nitrogens with zero attached hydrogens (tertiary/aromatic N) is 1. The monoisotopic (exact) mass is 246 g/mol. The second-order valence-electron chi connectivity index (χ2n) is 7.03. The maximum Gasteiger partial charge on any atom is 0.194 e. The van der Waals surface area contributed by atoms with E-state index in [2.05, 4.69) is 4.98 Å². The van der Waals surface area contributed by atoms with Crippen LogP contribution in [0, 0.1) is 23.2 Å². The van der Waals surface area contributed by atoms with Gasteiger partial charge in [0.2, 0.25) is 0 Å². The molecule has 1 heterocycles. The Bertz CT molecular complexity index is 416. The van der Waals surface area contributed by atoms with Crippen molar-refractivity contribution in [1.29, 1.82) is 0 Å². The average Bonchev–Trinajstić information content (AvgIpc) is 2.74. The van der Waals surface area contributed by atoms with Gasteiger partial charge in [-0.05, 0) is 61.7 Å². The Labute approximate surface area is 108 Å². The SMILES string of the molecule is NCc1coc(CC23CC4CC(CC(C4)C2)C3)n1. The highest BCUT2D eigenvalue weighted by molar-refractivity contribution is 5.06. The number of hydrogen-bond donors (Lipinski definition) is 1. The molecule has 1 aromatic heterocycles. The highest BCUT2D eigenvalue weighted by Gasteiger charge is 2.51. The summed E-state index contributed by atoms with van der Waals surface area (Å²) in [6.45, 7) is 0.490. The first kappa shape index (κ1) is 11.0. The summed E-state index contributed by atoms with van der Waals surface area (Å²) in [7, 11) is 0. The van der Waals surface area contributed by atoms with E-state index in [9.17, 15) is 0 Å². The third kappa shape index (κ3) is 1.71. The highest BCUT2D eigenvalue weighted by atomic mass is 16.3. The Balaban J connectivity index is 1.56. The van der Waals surface area contributed by atoms with Crippen LogP contribution in [0.25, 0.3) is 0 Å². The summed E-state index contributed by atoms with van der Waals surface area (Å²) < 4.78 is 5.60. The zero-order valence-electron chi connectivity index (χ0n) is 10.9. The number of rotatable bonds is 3. The minimum Gasteiger partial charge on any atom is -0.449 e. The van der Waals surface area contributed by atoms with Crippen molar-refractivity contribution in [3.63, 3.8) is 0 Å². The second-order valence-corrected chi connectivity index (χ2v) is 7.03. The van der Waals surface area contributed by atoms with Gasteiger partial charge in [0.15, 0.2) is 5.89 Å². The molecular weight excluding hydrogens is 224 g/mol. The number of oxazole rings is 1. The van der Waals surface area contributed by atoms with Crippen molar-refractivity contribution < 1.29 is 4.42 Å². The summed E-state index contributed by atoms with van der Waals surface area (Å²) >= 11 is 0. The molecule has 0 amide bonds. The molecule has 4 saturated carbocycles. The standard InChI is InChI=1S/C15H22N2O/c16-8-13-9-18-14(17-13)7-15-4-10-1-11(5-15)3-12(2-10)6-15/h9-12H,1-8,16H2. The smallest absolute Gasteiger partial charge is 0.194 e. The first-order chi connectivity index (χ1) is 8.75. The molecule has 0 atom stereocenters. The molecule has 98 valence electrons. The zero-order valence-corrected chi connectivity index (χ0v) is 10.9. The molecule has 3 heteroatoms. The molecule has 4 aliphatic carbocycles. The molecular formula is C15H22N2O. The summed E-state index contributed by atoms with van der Waals surface area (Å²) in [5.41, 5.74) is 7.02. The van der Waals surface area contributed by atoms with E-state index in [4.69, 9.17) is 10.2 Å². The Morgan fingerprint density at radius 1 is 1.17 bits per heavy atom. The van der Waals surface area contributed by atoms with Crippen LogP contribution in [0.1, 0.15) is 50.1 Å². The van der Waals surface area contributed by atoms with Crippen molar-refractivity contribution in [3.8, 4) is 0 Å². The summed E-state index contributed by atoms with van der Waals surface area (Å²) in [4.78, 5) is 4.51. The lowest BCUT2D eigenvalue weighted by atomic mass is 9.49. The number of hydrogen-bond acceptors (Lipinski definition) is 3. The van der Waals surface area contributed by atoms with E-state index in [0.29, 0.717) is 12.0 Å². The molecule has 5 rings (SSSR count). The quantitative estimate of drug-likeness (QED) is 0.892. The van der Waals surface area contributed by atoms with Crippen LogP contribution in [-0.2, 0) is 13.0 Å². The maximum atomic E-state index is 5.60. The molecule has 4 fully saturated rings. The average molecular weight is 246 g/mol. The molecule has 0 aromatic carbocycles. The van der Waals surface area contributed by atoms with Gasteiger partial charge in [0.05, 0.1) is 5.69 Å². The van der Waals surface area contributed by atoms with Crippen molar-refractivity contribution in [2.24, 2.45) is 28.9 Å². The van der Waals surface area contributed by atoms with Gasteiger partial charge >= 0.3 is 0 Å². The van der Waals surface area contributed by atoms with Gasteiger partial charge in [-0.15, -0.1) is 0 Å². The van der Waals surface area contributed by atoms with Crippen molar-refractivity contribution in [1.82, 2.24) is 4.98 Å². The van der Waals surface area contributed by atoms with Crippen molar-refractivity contribution in [2.45, 2.75) is 51.5 Å². The minimum atomic E-state index is 0.490. The Hall–Kier alpha value is -0.830. The minimum absolute atomic E-state index is 0.490. The molecule has 0 spiro atoms. The molecule has 0 aliphatic heterocycles. The molecule has 0 saturated heterocycles. The largest absolute Gasteiger partial charge is 0.449 e. The van der Waals surface area contributed by atoms with Gasteiger partial charge in [-0.25, -0.2) is 4.98 Å². The molecule has 2 N–H and O–H groups in total. The topological polar surface area (TPSA) is 52.0 Å². The Morgan fingerprint density at radius 3 is 2.28 bits per heavy atom. The summed E-state index contributed by atoms with van der Waals surface area (Å²) in [6, 6.07) is 0. The molecule has 1 aromatic rings. The van der Waals surface area contributed by atoms with Crippen molar-refractivity contribution in [3.05, 3.63) is 17.8 Å². The second kappa shape index (κ2) is 3.83. The lowest BCUT2D eigenvalue weighted by Gasteiger charge is -2.56. The zero-order chi connectivity index (χ0) is 12.2. The molecule has 0 unspecified atom stereocenters. The maximum absolute atomic E-state index is 5.60. The first-order valence-electron chi connectivity index (χ1n) is 7.38. The van der Waals surface area contributed by atoms with Crippen LogP contribution in [-0.4, -0.2) is 4.98 Å². The van der Waals surface area contributed by atoms with Gasteiger partial charge in [0, 0.05) is 13.0 Å². The van der Waals surface area contributed by atoms with Gasteiger partial charge in [-0.2, -0.15) is 0 Å². The van der Waals surface area contributed by atoms with Crippen LogP contribution in [0.15, 0.2) is 10.7 Å². The van der Waals surface area contributed by atoms with Crippen LogP contribution < -0.4 is 5.73 Å². The predicted octanol–water partition coefficient (Wildman–Crippen LogP) is 2.89. The molecule has 0 radical (unpaired) electrons. The van der Waals surface area contributed by atoms with Crippen molar-refractivity contribution in [2.75, 3.05) is 0 Å². The van der Waals surface area contributed by atoms with Crippen LogP contribution in [0.3, 0.4) is 0 Å². The first-order valence-corrected chi connectivity index (χ1v) is 7.38. The van der Waals surface area contributed by atoms with Crippen molar-refractivity contribution >= 4 is 0 Å². The fourth-order valence-corrected chi connectivity index (χ4v) is 5.35. The van der Waals surface area contributed by atoms with Crippen LogP contribution in [0.4, 0.5) is 0 Å². The van der Waals surface area contributed by atoms with Crippen LogP contribution >= 0.6 is 0 Å². The van der Waals surface area contributed by atoms with E-state index in [-0.39, 0.29) is 0 Å². The molecule has 4 aliphatic rings. The lowest BCUT2D eigenvalue weighted by Crippen LogP contribution is -2.47. The van der Waals surface area contributed by atoms with E-state index in [1.807, 2.05) is 0 Å². The number of aromatic nitrogens is 1. The summed E-state index contributed by atoms with van der Waals surface area (Å²) in [5, 5.41) is 0. The van der Waals surface area contributed by atoms with E-state index in [1.54, 1.807) is 6.26 Å². The summed E-state index contributed by atoms with van der Waals surface area (Å²) in [5.74, 6) is 3.93. The third-order valence-electron chi connectivity index (χ3n) is 5.50. The lowest BCUT2D eigenvalue weighted by molar-refractivity contribution is -0.0550. The Morgan fingerprint density at radius 2 is 1.78 bits per heavy atom. The molecule has 4 bridgehead atoms. The van der Waals surface area contributed by atoms with E-state index in [0.717, 1.165) is 35.8 Å². The van der Waals surface area contributed by atoms with Gasteiger partial charge in [0.1, 0.15) is 6.26 Å². The summed E-state index contributed by atoms with van der Waals surface area (Å²) in [6.07, 6.45) is 11.5. The molecule has 3 nitrogen and oxygen atoms in total. The fraction of sp³-hybridized carbons (Fsp3) is 0.800. The Kier molecular flexibility index (Phi) is 2.35. The van der Waals surface area contributed by atoms with Gasteiger partial charge < -0.3 is 10.2 Å². The van der Waals surface area contributed by atoms with Gasteiger partial charge in [-0.3, -0.25) is 0 Å². The normalized spacial score (nSPS) is 41.5. The fourth-order valence-electron chi connectivity index (χ4n) is 5.35. The highest BCUT2D eigenvalue weighted by Crippen LogP contribution is 2.60. The van der Waals surface area contributed by atoms with E-state index >= 15 is 0 Å². The van der Waals surface area contributed by atoms with E-state index in [1.165, 1.54) is 38.5 Å². The van der Waals surface area contributed by atoms with Gasteiger partial charge in [-0.1, -0.05) is 0 Å². The van der Waals surface area contributed by atoms with E-state index < -0.39 is 0 Å².